The van der Waals surface area contributed by atoms with Gasteiger partial charge in [0.2, 0.25) is 0 Å². The van der Waals surface area contributed by atoms with Gasteiger partial charge in [-0.05, 0) is 69.6 Å². The average Bonchev–Trinajstić information content (AvgIpc) is 2.41. The molecule has 21 heavy (non-hydrogen) atoms. The van der Waals surface area contributed by atoms with Crippen molar-refractivity contribution in [3.8, 4) is 0 Å². The minimum atomic E-state index is 0.141. The quantitative estimate of drug-likeness (QED) is 0.891. The molecule has 118 valence electrons. The second-order valence-electron chi connectivity index (χ2n) is 7.49. The molecule has 2 rings (SSSR count). The standard InChI is InChI=1S/C18H28ClNO/c1-14-5-6-15(16(19)11-14)12-18(7-9-21-10-8-18)13-20-17(2,3)4/h5-6,11,20H,7-10,12-13H2,1-4H3. The molecule has 0 aliphatic carbocycles. The first-order valence-corrected chi connectivity index (χ1v) is 8.25. The number of nitrogens with one attached hydrogen (secondary N) is 1. The Kier molecular flexibility index (Phi) is 5.34. The Morgan fingerprint density at radius 3 is 2.48 bits per heavy atom. The van der Waals surface area contributed by atoms with Gasteiger partial charge >= 0.3 is 0 Å². The third-order valence-electron chi connectivity index (χ3n) is 4.32. The van der Waals surface area contributed by atoms with Crippen LogP contribution in [0.15, 0.2) is 18.2 Å². The average molecular weight is 310 g/mol. The van der Waals surface area contributed by atoms with E-state index in [1.165, 1.54) is 11.1 Å². The summed E-state index contributed by atoms with van der Waals surface area (Å²) in [5, 5.41) is 4.58. The normalized spacial score (nSPS) is 18.7. The molecule has 0 atom stereocenters. The summed E-state index contributed by atoms with van der Waals surface area (Å²) in [4.78, 5) is 0. The SMILES string of the molecule is Cc1ccc(CC2(CNC(C)(C)C)CCOCC2)c(Cl)c1. The maximum Gasteiger partial charge on any atom is 0.0471 e. The molecule has 0 bridgehead atoms. The van der Waals surface area contributed by atoms with E-state index in [2.05, 4.69) is 51.2 Å². The summed E-state index contributed by atoms with van der Waals surface area (Å²) in [5.41, 5.74) is 2.88. The highest BCUT2D eigenvalue weighted by atomic mass is 35.5. The molecule has 1 aromatic carbocycles. The number of rotatable bonds is 4. The van der Waals surface area contributed by atoms with Crippen LogP contribution in [-0.2, 0) is 11.2 Å². The van der Waals surface area contributed by atoms with E-state index in [1.54, 1.807) is 0 Å². The van der Waals surface area contributed by atoms with Crippen LogP contribution in [0, 0.1) is 12.3 Å². The molecule has 1 N–H and O–H groups in total. The third-order valence-corrected chi connectivity index (χ3v) is 4.67. The van der Waals surface area contributed by atoms with Crippen LogP contribution in [0.5, 0.6) is 0 Å². The zero-order valence-corrected chi connectivity index (χ0v) is 14.5. The van der Waals surface area contributed by atoms with Crippen LogP contribution in [0.25, 0.3) is 0 Å². The van der Waals surface area contributed by atoms with Gasteiger partial charge in [0, 0.05) is 30.3 Å². The molecule has 0 saturated carbocycles. The van der Waals surface area contributed by atoms with Crippen LogP contribution in [0.1, 0.15) is 44.7 Å². The van der Waals surface area contributed by atoms with Crippen molar-refractivity contribution in [3.05, 3.63) is 34.3 Å². The van der Waals surface area contributed by atoms with E-state index in [0.29, 0.717) is 0 Å². The van der Waals surface area contributed by atoms with E-state index in [1.807, 2.05) is 0 Å². The van der Waals surface area contributed by atoms with Gasteiger partial charge in [0.25, 0.3) is 0 Å². The monoisotopic (exact) mass is 309 g/mol. The maximum atomic E-state index is 6.45. The summed E-state index contributed by atoms with van der Waals surface area (Å²) in [5.74, 6) is 0. The van der Waals surface area contributed by atoms with Crippen LogP contribution in [-0.4, -0.2) is 25.3 Å². The van der Waals surface area contributed by atoms with Crippen molar-refractivity contribution in [3.63, 3.8) is 0 Å². The largest absolute Gasteiger partial charge is 0.381 e. The van der Waals surface area contributed by atoms with Gasteiger partial charge < -0.3 is 10.1 Å². The fraction of sp³-hybridized carbons (Fsp3) is 0.667. The van der Waals surface area contributed by atoms with Crippen LogP contribution < -0.4 is 5.32 Å². The molecular formula is C18H28ClNO. The van der Waals surface area contributed by atoms with Gasteiger partial charge in [-0.15, -0.1) is 0 Å². The summed E-state index contributed by atoms with van der Waals surface area (Å²) in [7, 11) is 0. The number of ether oxygens (including phenoxy) is 1. The predicted molar refractivity (Wildman–Crippen MR) is 90.1 cm³/mol. The van der Waals surface area contributed by atoms with Crippen molar-refractivity contribution in [1.82, 2.24) is 5.32 Å². The van der Waals surface area contributed by atoms with E-state index in [9.17, 15) is 0 Å². The lowest BCUT2D eigenvalue weighted by molar-refractivity contribution is 0.0121. The lowest BCUT2D eigenvalue weighted by Crippen LogP contribution is -2.47. The molecule has 0 aromatic heterocycles. The molecule has 0 radical (unpaired) electrons. The number of benzene rings is 1. The Morgan fingerprint density at radius 1 is 1.24 bits per heavy atom. The molecule has 2 nitrogen and oxygen atoms in total. The van der Waals surface area contributed by atoms with E-state index in [4.69, 9.17) is 16.3 Å². The summed E-state index contributed by atoms with van der Waals surface area (Å²) in [6.45, 7) is 11.5. The van der Waals surface area contributed by atoms with Crippen LogP contribution in [0.4, 0.5) is 0 Å². The zero-order valence-electron chi connectivity index (χ0n) is 13.8. The molecule has 0 unspecified atom stereocenters. The second kappa shape index (κ2) is 6.68. The molecule has 0 amide bonds. The number of halogens is 1. The molecule has 1 aromatic rings. The highest BCUT2D eigenvalue weighted by Gasteiger charge is 2.34. The Hall–Kier alpha value is -0.570. The summed E-state index contributed by atoms with van der Waals surface area (Å²) in [6.07, 6.45) is 3.22. The molecular weight excluding hydrogens is 282 g/mol. The molecule has 1 aliphatic heterocycles. The van der Waals surface area contributed by atoms with Gasteiger partial charge in [-0.1, -0.05) is 23.7 Å². The Morgan fingerprint density at radius 2 is 1.90 bits per heavy atom. The van der Waals surface area contributed by atoms with Gasteiger partial charge in [-0.25, -0.2) is 0 Å². The topological polar surface area (TPSA) is 21.3 Å². The van der Waals surface area contributed by atoms with Crippen LogP contribution in [0.3, 0.4) is 0 Å². The molecule has 1 aliphatic rings. The van der Waals surface area contributed by atoms with E-state index in [-0.39, 0.29) is 11.0 Å². The Labute approximate surface area is 134 Å². The van der Waals surface area contributed by atoms with Gasteiger partial charge in [-0.3, -0.25) is 0 Å². The first-order chi connectivity index (χ1) is 9.80. The number of aryl methyl sites for hydroxylation is 1. The lowest BCUT2D eigenvalue weighted by atomic mass is 9.74. The summed E-state index contributed by atoms with van der Waals surface area (Å²) in [6, 6.07) is 6.42. The van der Waals surface area contributed by atoms with Crippen molar-refractivity contribution in [1.29, 1.82) is 0 Å². The highest BCUT2D eigenvalue weighted by Crippen LogP contribution is 2.36. The highest BCUT2D eigenvalue weighted by molar-refractivity contribution is 6.31. The van der Waals surface area contributed by atoms with E-state index < -0.39 is 0 Å². The molecule has 1 heterocycles. The van der Waals surface area contributed by atoms with Crippen LogP contribution >= 0.6 is 11.6 Å². The van der Waals surface area contributed by atoms with Crippen molar-refractivity contribution < 1.29 is 4.74 Å². The molecule has 1 saturated heterocycles. The predicted octanol–water partition coefficient (Wildman–Crippen LogP) is 4.38. The minimum absolute atomic E-state index is 0.141. The van der Waals surface area contributed by atoms with Crippen molar-refractivity contribution in [2.75, 3.05) is 19.8 Å². The molecule has 1 fully saturated rings. The van der Waals surface area contributed by atoms with E-state index >= 15 is 0 Å². The van der Waals surface area contributed by atoms with E-state index in [0.717, 1.165) is 44.0 Å². The zero-order chi connectivity index (χ0) is 15.5. The first-order valence-electron chi connectivity index (χ1n) is 7.88. The second-order valence-corrected chi connectivity index (χ2v) is 7.89. The van der Waals surface area contributed by atoms with Gasteiger partial charge in [0.05, 0.1) is 0 Å². The van der Waals surface area contributed by atoms with Gasteiger partial charge in [0.15, 0.2) is 0 Å². The fourth-order valence-electron chi connectivity index (χ4n) is 2.87. The van der Waals surface area contributed by atoms with Crippen molar-refractivity contribution in [2.45, 2.75) is 52.5 Å². The Bertz CT molecular complexity index is 473. The minimum Gasteiger partial charge on any atom is -0.381 e. The maximum absolute atomic E-state index is 6.45. The first kappa shape index (κ1) is 16.8. The Balaban J connectivity index is 2.15. The van der Waals surface area contributed by atoms with Gasteiger partial charge in [-0.2, -0.15) is 0 Å². The fourth-order valence-corrected chi connectivity index (χ4v) is 3.17. The smallest absolute Gasteiger partial charge is 0.0471 e. The number of hydrogen-bond donors (Lipinski definition) is 1. The lowest BCUT2D eigenvalue weighted by Gasteiger charge is -2.40. The van der Waals surface area contributed by atoms with Crippen molar-refractivity contribution >= 4 is 11.6 Å². The summed E-state index contributed by atoms with van der Waals surface area (Å²) < 4.78 is 5.58. The summed E-state index contributed by atoms with van der Waals surface area (Å²) >= 11 is 6.45. The van der Waals surface area contributed by atoms with Gasteiger partial charge in [0.1, 0.15) is 0 Å². The van der Waals surface area contributed by atoms with Crippen molar-refractivity contribution in [2.24, 2.45) is 5.41 Å². The molecule has 0 spiro atoms. The molecule has 3 heteroatoms. The van der Waals surface area contributed by atoms with Crippen LogP contribution in [0.2, 0.25) is 5.02 Å². The number of hydrogen-bond acceptors (Lipinski definition) is 2. The third kappa shape index (κ3) is 4.98.